The molecule has 2 heterocycles. The molecule has 198 valence electrons. The Morgan fingerprint density at radius 1 is 1.05 bits per heavy atom. The first-order valence-corrected chi connectivity index (χ1v) is 13.6. The average Bonchev–Trinajstić information content (AvgIpc) is 3.50. The van der Waals surface area contributed by atoms with Crippen LogP contribution in [0.1, 0.15) is 17.5 Å². The molecule has 1 aromatic heterocycles. The number of methoxy groups -OCH3 is 1. The summed E-state index contributed by atoms with van der Waals surface area (Å²) in [6.07, 6.45) is 4.47. The lowest BCUT2D eigenvalue weighted by atomic mass is 10.1. The highest BCUT2D eigenvalue weighted by Gasteiger charge is 2.32. The molecule has 0 radical (unpaired) electrons. The summed E-state index contributed by atoms with van der Waals surface area (Å²) in [6.45, 7) is 1.38. The number of aromatic nitrogens is 2. The fourth-order valence-corrected chi connectivity index (χ4v) is 5.41. The first kappa shape index (κ1) is 26.8. The molecule has 9 heteroatoms. The fraction of sp³-hybridized carbons (Fsp3) is 0.167. The first-order valence-electron chi connectivity index (χ1n) is 12.4. The van der Waals surface area contributed by atoms with Crippen LogP contribution >= 0.6 is 24.0 Å². The van der Waals surface area contributed by atoms with Crippen LogP contribution in [0.5, 0.6) is 5.75 Å². The van der Waals surface area contributed by atoms with Crippen LogP contribution < -0.4 is 4.74 Å². The zero-order valence-corrected chi connectivity index (χ0v) is 22.9. The van der Waals surface area contributed by atoms with Gasteiger partial charge in [0, 0.05) is 37.6 Å². The van der Waals surface area contributed by atoms with E-state index in [1.54, 1.807) is 28.8 Å². The molecule has 1 amide bonds. The lowest BCUT2D eigenvalue weighted by Gasteiger charge is -2.13. The van der Waals surface area contributed by atoms with Gasteiger partial charge in [0.2, 0.25) is 0 Å². The van der Waals surface area contributed by atoms with Crippen LogP contribution in [0.3, 0.4) is 0 Å². The molecule has 6 nitrogen and oxygen atoms in total. The molecule has 0 saturated carbocycles. The van der Waals surface area contributed by atoms with Gasteiger partial charge in [-0.3, -0.25) is 9.69 Å². The van der Waals surface area contributed by atoms with Crippen molar-refractivity contribution < 1.29 is 18.7 Å². The predicted molar refractivity (Wildman–Crippen MR) is 156 cm³/mol. The van der Waals surface area contributed by atoms with Crippen molar-refractivity contribution in [2.24, 2.45) is 0 Å². The maximum absolute atomic E-state index is 13.2. The zero-order chi connectivity index (χ0) is 27.2. The first-order chi connectivity index (χ1) is 19.0. The molecule has 1 saturated heterocycles. The summed E-state index contributed by atoms with van der Waals surface area (Å²) in [6, 6.07) is 23.6. The van der Waals surface area contributed by atoms with Crippen molar-refractivity contribution in [1.82, 2.24) is 14.7 Å². The molecular formula is C30H26FN3O3S2. The lowest BCUT2D eigenvalue weighted by Crippen LogP contribution is -2.29. The molecule has 4 aromatic rings. The van der Waals surface area contributed by atoms with E-state index < -0.39 is 0 Å². The fourth-order valence-electron chi connectivity index (χ4n) is 4.11. The van der Waals surface area contributed by atoms with Crippen molar-refractivity contribution >= 4 is 40.3 Å². The SMILES string of the molecule is COCCCN1C(=O)/C(=C/c2cn(-c3ccccc3)nc2-c2cccc(OCc3ccc(F)cc3)c2)SC1=S. The quantitative estimate of drug-likeness (QED) is 0.126. The molecule has 0 unspecified atom stereocenters. The maximum atomic E-state index is 13.2. The van der Waals surface area contributed by atoms with Gasteiger partial charge in [-0.15, -0.1) is 0 Å². The monoisotopic (exact) mass is 559 g/mol. The highest BCUT2D eigenvalue weighted by atomic mass is 32.2. The van der Waals surface area contributed by atoms with E-state index in [2.05, 4.69) is 0 Å². The molecule has 1 fully saturated rings. The summed E-state index contributed by atoms with van der Waals surface area (Å²) in [4.78, 5) is 15.3. The van der Waals surface area contributed by atoms with Gasteiger partial charge in [-0.25, -0.2) is 9.07 Å². The molecular weight excluding hydrogens is 533 g/mol. The number of para-hydroxylation sites is 1. The second kappa shape index (κ2) is 12.4. The molecule has 3 aromatic carbocycles. The molecule has 0 aliphatic carbocycles. The Balaban J connectivity index is 1.46. The van der Waals surface area contributed by atoms with Gasteiger partial charge in [-0.1, -0.05) is 66.4 Å². The minimum atomic E-state index is -0.283. The molecule has 0 atom stereocenters. The van der Waals surface area contributed by atoms with Gasteiger partial charge in [0.25, 0.3) is 5.91 Å². The van der Waals surface area contributed by atoms with Crippen LogP contribution in [0.15, 0.2) is 90.0 Å². The molecule has 1 aliphatic heterocycles. The summed E-state index contributed by atoms with van der Waals surface area (Å²) >= 11 is 6.78. The van der Waals surface area contributed by atoms with E-state index in [-0.39, 0.29) is 11.7 Å². The number of rotatable bonds is 10. The Hall–Kier alpha value is -3.79. The van der Waals surface area contributed by atoms with Gasteiger partial charge in [-0.2, -0.15) is 5.10 Å². The number of carbonyl (C=O) groups is 1. The van der Waals surface area contributed by atoms with Gasteiger partial charge in [0.1, 0.15) is 28.2 Å². The minimum Gasteiger partial charge on any atom is -0.489 e. The van der Waals surface area contributed by atoms with Gasteiger partial charge in [-0.05, 0) is 54.5 Å². The number of ether oxygens (including phenoxy) is 2. The van der Waals surface area contributed by atoms with E-state index in [1.165, 1.54) is 23.9 Å². The van der Waals surface area contributed by atoms with E-state index in [0.717, 1.165) is 22.4 Å². The average molecular weight is 560 g/mol. The highest BCUT2D eigenvalue weighted by molar-refractivity contribution is 8.26. The Morgan fingerprint density at radius 2 is 1.85 bits per heavy atom. The summed E-state index contributed by atoms with van der Waals surface area (Å²) in [5, 5.41) is 4.88. The summed E-state index contributed by atoms with van der Waals surface area (Å²) in [7, 11) is 1.64. The van der Waals surface area contributed by atoms with Crippen LogP contribution in [0.25, 0.3) is 23.0 Å². The Morgan fingerprint density at radius 3 is 2.62 bits per heavy atom. The second-order valence-corrected chi connectivity index (χ2v) is 10.5. The number of hydrogen-bond donors (Lipinski definition) is 0. The van der Waals surface area contributed by atoms with Crippen molar-refractivity contribution in [1.29, 1.82) is 0 Å². The normalized spacial score (nSPS) is 14.4. The number of thiocarbonyl (C=S) groups is 1. The van der Waals surface area contributed by atoms with E-state index in [0.29, 0.717) is 46.8 Å². The van der Waals surface area contributed by atoms with Crippen LogP contribution in [0.2, 0.25) is 0 Å². The number of benzene rings is 3. The number of nitrogens with zero attached hydrogens (tertiary/aromatic N) is 3. The standard InChI is InChI=1S/C30H26FN3O3S2/c1-36-16-6-15-33-29(35)27(39-30(33)38)18-23-19-34(25-8-3-2-4-9-25)32-28(23)22-7-5-10-26(17-22)37-20-21-11-13-24(31)14-12-21/h2-5,7-14,17-19H,6,15-16,20H2,1H3/b27-18-. The molecule has 0 bridgehead atoms. The van der Waals surface area contributed by atoms with Crippen LogP contribution in [0.4, 0.5) is 4.39 Å². The highest BCUT2D eigenvalue weighted by Crippen LogP contribution is 2.35. The van der Waals surface area contributed by atoms with Crippen molar-refractivity contribution in [2.75, 3.05) is 20.3 Å². The summed E-state index contributed by atoms with van der Waals surface area (Å²) < 4.78 is 26.7. The van der Waals surface area contributed by atoms with Gasteiger partial charge >= 0.3 is 0 Å². The molecule has 0 spiro atoms. The van der Waals surface area contributed by atoms with E-state index in [9.17, 15) is 9.18 Å². The van der Waals surface area contributed by atoms with E-state index in [4.69, 9.17) is 26.8 Å². The smallest absolute Gasteiger partial charge is 0.266 e. The Kier molecular flexibility index (Phi) is 8.51. The zero-order valence-electron chi connectivity index (χ0n) is 21.2. The number of halogens is 1. The van der Waals surface area contributed by atoms with E-state index >= 15 is 0 Å². The number of carbonyl (C=O) groups excluding carboxylic acids is 1. The Bertz CT molecular complexity index is 1500. The molecule has 1 aliphatic rings. The van der Waals surface area contributed by atoms with Crippen molar-refractivity contribution in [3.63, 3.8) is 0 Å². The largest absolute Gasteiger partial charge is 0.489 e. The predicted octanol–water partition coefficient (Wildman–Crippen LogP) is 6.50. The lowest BCUT2D eigenvalue weighted by molar-refractivity contribution is -0.122. The maximum Gasteiger partial charge on any atom is 0.266 e. The van der Waals surface area contributed by atoms with Crippen LogP contribution in [-0.4, -0.2) is 45.2 Å². The molecule has 39 heavy (non-hydrogen) atoms. The van der Waals surface area contributed by atoms with E-state index in [1.807, 2.05) is 66.9 Å². The third-order valence-corrected chi connectivity index (χ3v) is 7.46. The third kappa shape index (κ3) is 6.44. The Labute approximate surface area is 236 Å². The van der Waals surface area contributed by atoms with Crippen molar-refractivity contribution in [3.8, 4) is 22.7 Å². The summed E-state index contributed by atoms with van der Waals surface area (Å²) in [5.74, 6) is 0.256. The number of amides is 1. The molecule has 0 N–H and O–H groups in total. The molecule has 5 rings (SSSR count). The number of thioether (sulfide) groups is 1. The van der Waals surface area contributed by atoms with Crippen molar-refractivity contribution in [3.05, 3.63) is 107 Å². The van der Waals surface area contributed by atoms with Gasteiger partial charge < -0.3 is 9.47 Å². The summed E-state index contributed by atoms with van der Waals surface area (Å²) in [5.41, 5.74) is 4.09. The van der Waals surface area contributed by atoms with Gasteiger partial charge in [0.15, 0.2) is 0 Å². The van der Waals surface area contributed by atoms with Crippen molar-refractivity contribution in [2.45, 2.75) is 13.0 Å². The number of hydrogen-bond acceptors (Lipinski definition) is 6. The second-order valence-electron chi connectivity index (χ2n) is 8.84. The van der Waals surface area contributed by atoms with Crippen LogP contribution in [-0.2, 0) is 16.1 Å². The minimum absolute atomic E-state index is 0.115. The van der Waals surface area contributed by atoms with Gasteiger partial charge in [0.05, 0.1) is 10.6 Å². The third-order valence-electron chi connectivity index (χ3n) is 6.08. The topological polar surface area (TPSA) is 56.6 Å². The van der Waals surface area contributed by atoms with Crippen LogP contribution in [0, 0.1) is 5.82 Å².